The lowest BCUT2D eigenvalue weighted by molar-refractivity contribution is 0.519. The molecule has 0 unspecified atom stereocenters. The molecule has 2 rings (SSSR count). The van der Waals surface area contributed by atoms with E-state index >= 15 is 0 Å². The van der Waals surface area contributed by atoms with E-state index < -0.39 is 0 Å². The Hall–Kier alpha value is -1.06. The van der Waals surface area contributed by atoms with E-state index in [2.05, 4.69) is 47.4 Å². The molecule has 0 fully saturated rings. The third kappa shape index (κ3) is 2.99. The van der Waals surface area contributed by atoms with Gasteiger partial charge in [-0.15, -0.1) is 11.8 Å². The molecule has 0 amide bonds. The van der Waals surface area contributed by atoms with Crippen LogP contribution in [0.5, 0.6) is 0 Å². The van der Waals surface area contributed by atoms with Crippen LogP contribution in [0.25, 0.3) is 10.8 Å². The molecule has 3 heteroatoms. The fourth-order valence-electron chi connectivity index (χ4n) is 1.83. The predicted octanol–water partition coefficient (Wildman–Crippen LogP) is 3.92. The minimum atomic E-state index is 0.866. The van der Waals surface area contributed by atoms with Crippen molar-refractivity contribution < 1.29 is 0 Å². The molecule has 1 nitrogen and oxygen atoms in total. The molecule has 0 aliphatic rings. The number of benzene rings is 2. The average molecular weight is 261 g/mol. The molecule has 0 N–H and O–H groups in total. The second-order valence-corrected chi connectivity index (χ2v) is 5.45. The van der Waals surface area contributed by atoms with Crippen molar-refractivity contribution in [1.29, 1.82) is 0 Å². The molecule has 0 heterocycles. The summed E-state index contributed by atoms with van der Waals surface area (Å²) in [5.74, 6) is 0. The number of fused-ring (bicyclic) bond motifs is 1. The fraction of sp³-hybridized carbons (Fsp3) is 0.214. The maximum absolute atomic E-state index is 5.26. The minimum absolute atomic E-state index is 0.866. The van der Waals surface area contributed by atoms with Gasteiger partial charge in [-0.1, -0.05) is 48.6 Å². The molecule has 2 aromatic carbocycles. The normalized spacial score (nSPS) is 10.5. The van der Waals surface area contributed by atoms with Crippen molar-refractivity contribution in [2.24, 2.45) is 0 Å². The summed E-state index contributed by atoms with van der Waals surface area (Å²) in [5, 5.41) is 2.57. The van der Waals surface area contributed by atoms with Crippen LogP contribution in [0.15, 0.2) is 42.5 Å². The van der Waals surface area contributed by atoms with Gasteiger partial charge < -0.3 is 4.90 Å². The second kappa shape index (κ2) is 5.52. The van der Waals surface area contributed by atoms with Gasteiger partial charge in [-0.25, -0.2) is 0 Å². The first-order valence-electron chi connectivity index (χ1n) is 5.47. The highest BCUT2D eigenvalue weighted by Crippen LogP contribution is 2.17. The van der Waals surface area contributed by atoms with Crippen LogP contribution >= 0.6 is 24.0 Å². The first kappa shape index (κ1) is 12.4. The summed E-state index contributed by atoms with van der Waals surface area (Å²) in [5.41, 5.74) is 1.29. The fourth-order valence-corrected chi connectivity index (χ4v) is 2.27. The minimum Gasteiger partial charge on any atom is -0.356 e. The predicted molar refractivity (Wildman–Crippen MR) is 81.5 cm³/mol. The van der Waals surface area contributed by atoms with E-state index in [4.69, 9.17) is 12.2 Å². The van der Waals surface area contributed by atoms with Gasteiger partial charge in [0, 0.05) is 13.6 Å². The van der Waals surface area contributed by atoms with Gasteiger partial charge >= 0.3 is 0 Å². The van der Waals surface area contributed by atoms with Crippen LogP contribution in [-0.2, 0) is 6.54 Å². The number of thioether (sulfide) groups is 1. The lowest BCUT2D eigenvalue weighted by Crippen LogP contribution is -2.21. The van der Waals surface area contributed by atoms with Gasteiger partial charge in [0.1, 0.15) is 4.32 Å². The first-order chi connectivity index (χ1) is 8.20. The number of hydrogen-bond acceptors (Lipinski definition) is 2. The molecule has 0 aliphatic carbocycles. The molecule has 0 saturated heterocycles. The third-order valence-corrected chi connectivity index (χ3v) is 4.19. The van der Waals surface area contributed by atoms with Gasteiger partial charge in [-0.05, 0) is 28.7 Å². The molecular weight excluding hydrogens is 246 g/mol. The Balaban J connectivity index is 2.22. The molecule has 0 atom stereocenters. The standard InChI is InChI=1S/C14H15NS2/c1-15(14(16)17-2)10-11-7-8-12-5-3-4-6-13(12)9-11/h3-9H,10H2,1-2H3. The molecule has 88 valence electrons. The second-order valence-electron chi connectivity index (χ2n) is 4.01. The van der Waals surface area contributed by atoms with Crippen LogP contribution < -0.4 is 0 Å². The van der Waals surface area contributed by atoms with Gasteiger partial charge in [0.15, 0.2) is 0 Å². The van der Waals surface area contributed by atoms with Crippen molar-refractivity contribution >= 4 is 39.1 Å². The molecule has 0 aliphatic heterocycles. The van der Waals surface area contributed by atoms with Crippen molar-refractivity contribution in [1.82, 2.24) is 4.90 Å². The monoisotopic (exact) mass is 261 g/mol. The van der Waals surface area contributed by atoms with Crippen molar-refractivity contribution in [2.45, 2.75) is 6.54 Å². The van der Waals surface area contributed by atoms with E-state index in [0.29, 0.717) is 0 Å². The number of hydrogen-bond donors (Lipinski definition) is 0. The molecule has 17 heavy (non-hydrogen) atoms. The summed E-state index contributed by atoms with van der Waals surface area (Å²) >= 11 is 6.87. The van der Waals surface area contributed by atoms with Crippen LogP contribution in [0.4, 0.5) is 0 Å². The summed E-state index contributed by atoms with van der Waals surface area (Å²) in [7, 11) is 2.04. The maximum Gasteiger partial charge on any atom is 0.136 e. The summed E-state index contributed by atoms with van der Waals surface area (Å²) in [6.45, 7) is 0.866. The molecule has 2 aromatic rings. The van der Waals surface area contributed by atoms with Crippen LogP contribution in [0, 0.1) is 0 Å². The quantitative estimate of drug-likeness (QED) is 0.754. The maximum atomic E-state index is 5.26. The Morgan fingerprint density at radius 2 is 1.88 bits per heavy atom. The van der Waals surface area contributed by atoms with Crippen molar-refractivity contribution in [2.75, 3.05) is 13.3 Å². The number of thiocarbonyl (C=S) groups is 1. The number of nitrogens with zero attached hydrogens (tertiary/aromatic N) is 1. The van der Waals surface area contributed by atoms with Crippen LogP contribution in [0.2, 0.25) is 0 Å². The summed E-state index contributed by atoms with van der Waals surface area (Å²) in [6, 6.07) is 15.0. The largest absolute Gasteiger partial charge is 0.356 e. The summed E-state index contributed by atoms with van der Waals surface area (Å²) in [4.78, 5) is 2.10. The van der Waals surface area contributed by atoms with E-state index in [-0.39, 0.29) is 0 Å². The lowest BCUT2D eigenvalue weighted by atomic mass is 10.1. The molecule has 0 radical (unpaired) electrons. The van der Waals surface area contributed by atoms with Crippen LogP contribution in [-0.4, -0.2) is 22.5 Å². The average Bonchev–Trinajstić information content (AvgIpc) is 2.37. The molecule has 0 spiro atoms. The Kier molecular flexibility index (Phi) is 4.02. The lowest BCUT2D eigenvalue weighted by Gasteiger charge is -2.18. The number of rotatable bonds is 2. The zero-order valence-electron chi connectivity index (χ0n) is 10.0. The zero-order valence-corrected chi connectivity index (χ0v) is 11.6. The Morgan fingerprint density at radius 3 is 2.59 bits per heavy atom. The van der Waals surface area contributed by atoms with Crippen molar-refractivity contribution in [3.05, 3.63) is 48.0 Å². The van der Waals surface area contributed by atoms with E-state index in [0.717, 1.165) is 10.9 Å². The Morgan fingerprint density at radius 1 is 1.18 bits per heavy atom. The smallest absolute Gasteiger partial charge is 0.136 e. The topological polar surface area (TPSA) is 3.24 Å². The first-order valence-corrected chi connectivity index (χ1v) is 7.11. The highest BCUT2D eigenvalue weighted by Gasteiger charge is 2.04. The summed E-state index contributed by atoms with van der Waals surface area (Å²) in [6.07, 6.45) is 2.01. The van der Waals surface area contributed by atoms with E-state index in [1.165, 1.54) is 16.3 Å². The summed E-state index contributed by atoms with van der Waals surface area (Å²) < 4.78 is 0.929. The van der Waals surface area contributed by atoms with Crippen molar-refractivity contribution in [3.8, 4) is 0 Å². The van der Waals surface area contributed by atoms with Gasteiger partial charge in [0.05, 0.1) is 0 Å². The Bertz CT molecular complexity index is 536. The van der Waals surface area contributed by atoms with E-state index in [9.17, 15) is 0 Å². The third-order valence-electron chi connectivity index (χ3n) is 2.72. The highest BCUT2D eigenvalue weighted by molar-refractivity contribution is 8.22. The molecular formula is C14H15NS2. The van der Waals surface area contributed by atoms with Crippen molar-refractivity contribution in [3.63, 3.8) is 0 Å². The van der Waals surface area contributed by atoms with Crippen LogP contribution in [0.1, 0.15) is 5.56 Å². The van der Waals surface area contributed by atoms with E-state index in [1.807, 2.05) is 13.3 Å². The van der Waals surface area contributed by atoms with Gasteiger partial charge in [-0.3, -0.25) is 0 Å². The zero-order chi connectivity index (χ0) is 12.3. The molecule has 0 bridgehead atoms. The highest BCUT2D eigenvalue weighted by atomic mass is 32.2. The van der Waals surface area contributed by atoms with Gasteiger partial charge in [-0.2, -0.15) is 0 Å². The van der Waals surface area contributed by atoms with Gasteiger partial charge in [0.2, 0.25) is 0 Å². The molecule has 0 saturated carbocycles. The Labute approximate surface area is 112 Å². The molecule has 0 aromatic heterocycles. The van der Waals surface area contributed by atoms with Crippen LogP contribution in [0.3, 0.4) is 0 Å². The van der Waals surface area contributed by atoms with E-state index in [1.54, 1.807) is 11.8 Å². The van der Waals surface area contributed by atoms with Gasteiger partial charge in [0.25, 0.3) is 0 Å². The SMILES string of the molecule is CSC(=S)N(C)Cc1ccc2ccccc2c1.